The minimum Gasteiger partial charge on any atom is -0.383 e. The third kappa shape index (κ3) is 3.89. The maximum atomic E-state index is 12.9. The number of fused-ring (bicyclic) bond motifs is 5. The second kappa shape index (κ2) is 8.61. The number of likely N-dealkylation sites (tertiary alicyclic amines) is 1. The number of nitro groups is 1. The lowest BCUT2D eigenvalue weighted by atomic mass is 9.85. The SMILES string of the molecule is O=C(NC1CCCCC1)c1cc([N+](=O)[O-])ccc1NCCN1C(=O)C2C3C=CC(C3)C2C1=O. The van der Waals surface area contributed by atoms with Crippen LogP contribution in [0.15, 0.2) is 30.4 Å². The number of anilines is 1. The molecule has 4 aliphatic rings. The van der Waals surface area contributed by atoms with Gasteiger partial charge in [-0.2, -0.15) is 0 Å². The number of carbonyl (C=O) groups is 3. The van der Waals surface area contributed by atoms with Gasteiger partial charge < -0.3 is 10.6 Å². The molecule has 2 saturated carbocycles. The van der Waals surface area contributed by atoms with E-state index in [1.807, 2.05) is 0 Å². The molecule has 2 bridgehead atoms. The predicted molar refractivity (Wildman–Crippen MR) is 120 cm³/mol. The zero-order chi connectivity index (χ0) is 23.1. The van der Waals surface area contributed by atoms with Gasteiger partial charge in [-0.05, 0) is 37.2 Å². The highest BCUT2D eigenvalue weighted by molar-refractivity contribution is 6.06. The highest BCUT2D eigenvalue weighted by Crippen LogP contribution is 2.52. The largest absolute Gasteiger partial charge is 0.383 e. The molecule has 33 heavy (non-hydrogen) atoms. The van der Waals surface area contributed by atoms with E-state index in [1.54, 1.807) is 0 Å². The standard InChI is InChI=1S/C24H28N4O5/c29-22(26-16-4-2-1-3-5-16)18-13-17(28(32)33)8-9-19(18)25-10-11-27-23(30)20-14-6-7-15(12-14)21(20)24(27)31/h6-9,13-16,20-21,25H,1-5,10-12H2,(H,26,29). The first-order valence-corrected chi connectivity index (χ1v) is 11.8. The Balaban J connectivity index is 1.26. The molecule has 4 atom stereocenters. The lowest BCUT2D eigenvalue weighted by Gasteiger charge is -2.23. The summed E-state index contributed by atoms with van der Waals surface area (Å²) in [5.41, 5.74) is 0.498. The normalized spacial score (nSPS) is 28.3. The van der Waals surface area contributed by atoms with Gasteiger partial charge in [-0.25, -0.2) is 0 Å². The summed E-state index contributed by atoms with van der Waals surface area (Å²) in [6.07, 6.45) is 10.1. The maximum Gasteiger partial charge on any atom is 0.270 e. The zero-order valence-corrected chi connectivity index (χ0v) is 18.4. The Bertz CT molecular complexity index is 1000. The minimum absolute atomic E-state index is 0.0709. The van der Waals surface area contributed by atoms with E-state index < -0.39 is 4.92 Å². The molecule has 1 heterocycles. The number of hydrogen-bond acceptors (Lipinski definition) is 6. The van der Waals surface area contributed by atoms with E-state index in [0.29, 0.717) is 5.69 Å². The van der Waals surface area contributed by atoms with Crippen molar-refractivity contribution in [1.29, 1.82) is 0 Å². The molecule has 0 radical (unpaired) electrons. The summed E-state index contributed by atoms with van der Waals surface area (Å²) < 4.78 is 0. The monoisotopic (exact) mass is 452 g/mol. The topological polar surface area (TPSA) is 122 Å². The maximum absolute atomic E-state index is 12.9. The summed E-state index contributed by atoms with van der Waals surface area (Å²) in [5.74, 6) is -0.699. The van der Waals surface area contributed by atoms with Crippen molar-refractivity contribution in [1.82, 2.24) is 10.2 Å². The predicted octanol–water partition coefficient (Wildman–Crippen LogP) is 2.88. The molecule has 1 saturated heterocycles. The fraction of sp³-hybridized carbons (Fsp3) is 0.542. The number of imide groups is 1. The molecule has 3 amide bonds. The number of amides is 3. The summed E-state index contributed by atoms with van der Waals surface area (Å²) in [6, 6.07) is 4.21. The number of benzene rings is 1. The molecular weight excluding hydrogens is 424 g/mol. The number of nitrogens with zero attached hydrogens (tertiary/aromatic N) is 2. The van der Waals surface area contributed by atoms with Crippen LogP contribution in [0.1, 0.15) is 48.9 Å². The van der Waals surface area contributed by atoms with Crippen LogP contribution in [-0.4, -0.2) is 46.7 Å². The molecule has 174 valence electrons. The van der Waals surface area contributed by atoms with Gasteiger partial charge in [-0.3, -0.25) is 29.4 Å². The zero-order valence-electron chi connectivity index (χ0n) is 18.4. The summed E-state index contributed by atoms with van der Waals surface area (Å²) in [7, 11) is 0. The van der Waals surface area contributed by atoms with E-state index in [1.165, 1.54) is 23.1 Å². The molecule has 0 aromatic heterocycles. The Hall–Kier alpha value is -3.23. The van der Waals surface area contributed by atoms with Gasteiger partial charge in [0.2, 0.25) is 11.8 Å². The number of hydrogen-bond donors (Lipinski definition) is 2. The Morgan fingerprint density at radius 3 is 2.36 bits per heavy atom. The van der Waals surface area contributed by atoms with Crippen LogP contribution in [0, 0.1) is 33.8 Å². The van der Waals surface area contributed by atoms with E-state index in [2.05, 4.69) is 22.8 Å². The molecule has 3 fully saturated rings. The average Bonchev–Trinajstić information content (AvgIpc) is 3.49. The van der Waals surface area contributed by atoms with E-state index in [9.17, 15) is 24.5 Å². The molecule has 0 spiro atoms. The van der Waals surface area contributed by atoms with Crippen molar-refractivity contribution in [3.63, 3.8) is 0 Å². The van der Waals surface area contributed by atoms with E-state index >= 15 is 0 Å². The first-order chi connectivity index (χ1) is 15.9. The highest BCUT2D eigenvalue weighted by atomic mass is 16.6. The van der Waals surface area contributed by atoms with Gasteiger partial charge in [0.05, 0.1) is 22.3 Å². The van der Waals surface area contributed by atoms with Crippen LogP contribution >= 0.6 is 0 Å². The van der Waals surface area contributed by atoms with Crippen LogP contribution in [0.4, 0.5) is 11.4 Å². The quantitative estimate of drug-likeness (QED) is 0.284. The van der Waals surface area contributed by atoms with Crippen LogP contribution in [0.5, 0.6) is 0 Å². The van der Waals surface area contributed by atoms with Crippen molar-refractivity contribution in [2.45, 2.75) is 44.6 Å². The smallest absolute Gasteiger partial charge is 0.270 e. The van der Waals surface area contributed by atoms with E-state index in [4.69, 9.17) is 0 Å². The Kier molecular flexibility index (Phi) is 5.64. The van der Waals surface area contributed by atoms with E-state index in [-0.39, 0.29) is 71.8 Å². The summed E-state index contributed by atoms with van der Waals surface area (Å²) in [6.45, 7) is 0.464. The number of allylic oxidation sites excluding steroid dienone is 2. The molecule has 1 aromatic rings. The van der Waals surface area contributed by atoms with Gasteiger partial charge in [-0.1, -0.05) is 31.4 Å². The van der Waals surface area contributed by atoms with Crippen molar-refractivity contribution >= 4 is 29.1 Å². The number of carbonyl (C=O) groups excluding carboxylic acids is 3. The molecule has 5 rings (SSSR count). The van der Waals surface area contributed by atoms with Crippen LogP contribution in [-0.2, 0) is 9.59 Å². The Morgan fingerprint density at radius 1 is 1.06 bits per heavy atom. The molecule has 2 N–H and O–H groups in total. The summed E-state index contributed by atoms with van der Waals surface area (Å²) in [4.78, 5) is 50.7. The van der Waals surface area contributed by atoms with Crippen molar-refractivity contribution < 1.29 is 19.3 Å². The van der Waals surface area contributed by atoms with Gasteiger partial charge in [0, 0.05) is 37.0 Å². The lowest BCUT2D eigenvalue weighted by molar-refractivity contribution is -0.384. The first-order valence-electron chi connectivity index (χ1n) is 11.8. The fourth-order valence-corrected chi connectivity index (χ4v) is 5.98. The average molecular weight is 453 g/mol. The van der Waals surface area contributed by atoms with Crippen molar-refractivity contribution in [3.05, 3.63) is 46.0 Å². The number of non-ortho nitro benzene ring substituents is 1. The number of rotatable bonds is 7. The molecule has 1 aliphatic heterocycles. The second-order valence-corrected chi connectivity index (χ2v) is 9.55. The van der Waals surface area contributed by atoms with Crippen molar-refractivity contribution in [2.75, 3.05) is 18.4 Å². The minimum atomic E-state index is -0.524. The highest BCUT2D eigenvalue weighted by Gasteiger charge is 2.58. The summed E-state index contributed by atoms with van der Waals surface area (Å²) in [5, 5.41) is 17.4. The number of nitro benzene ring substituents is 1. The van der Waals surface area contributed by atoms with Gasteiger partial charge in [-0.15, -0.1) is 0 Å². The molecule has 4 unspecified atom stereocenters. The van der Waals surface area contributed by atoms with Gasteiger partial charge in [0.25, 0.3) is 11.6 Å². The fourth-order valence-electron chi connectivity index (χ4n) is 5.98. The van der Waals surface area contributed by atoms with Crippen LogP contribution < -0.4 is 10.6 Å². The Labute approximate surface area is 191 Å². The first kappa shape index (κ1) is 21.6. The molecule has 9 nitrogen and oxygen atoms in total. The summed E-state index contributed by atoms with van der Waals surface area (Å²) >= 11 is 0. The third-order valence-electron chi connectivity index (χ3n) is 7.61. The second-order valence-electron chi connectivity index (χ2n) is 9.55. The molecule has 1 aromatic carbocycles. The van der Waals surface area contributed by atoms with Crippen LogP contribution in [0.3, 0.4) is 0 Å². The molecule has 9 heteroatoms. The van der Waals surface area contributed by atoms with Crippen molar-refractivity contribution in [2.24, 2.45) is 23.7 Å². The van der Waals surface area contributed by atoms with Crippen LogP contribution in [0.2, 0.25) is 0 Å². The van der Waals surface area contributed by atoms with Gasteiger partial charge in [0.1, 0.15) is 0 Å². The molecule has 3 aliphatic carbocycles. The Morgan fingerprint density at radius 2 is 1.73 bits per heavy atom. The van der Waals surface area contributed by atoms with E-state index in [0.717, 1.165) is 38.5 Å². The van der Waals surface area contributed by atoms with Gasteiger partial charge >= 0.3 is 0 Å². The van der Waals surface area contributed by atoms with Gasteiger partial charge in [0.15, 0.2) is 0 Å². The van der Waals surface area contributed by atoms with Crippen LogP contribution in [0.25, 0.3) is 0 Å². The lowest BCUT2D eigenvalue weighted by Crippen LogP contribution is -2.37. The molecular formula is C24H28N4O5. The third-order valence-corrected chi connectivity index (χ3v) is 7.61. The van der Waals surface area contributed by atoms with Crippen molar-refractivity contribution in [3.8, 4) is 0 Å². The number of nitrogens with one attached hydrogen (secondary N) is 2.